The lowest BCUT2D eigenvalue weighted by Gasteiger charge is -2.39. The lowest BCUT2D eigenvalue weighted by atomic mass is 10.0. The van der Waals surface area contributed by atoms with Gasteiger partial charge in [-0.1, -0.05) is 157 Å². The largest absolute Gasteiger partial charge is 0.550 e. The van der Waals surface area contributed by atoms with Crippen molar-refractivity contribution in [2.75, 3.05) is 26.2 Å². The van der Waals surface area contributed by atoms with Crippen LogP contribution in [0.3, 0.4) is 0 Å². The van der Waals surface area contributed by atoms with Gasteiger partial charge in [0.2, 0.25) is 0 Å². The molecule has 0 fully saturated rings. The van der Waals surface area contributed by atoms with Crippen LogP contribution in [0, 0.1) is 0 Å². The molecule has 0 amide bonds. The normalized spacial score (nSPS) is 11.4. The molecule has 0 aromatic carbocycles. The van der Waals surface area contributed by atoms with E-state index in [0.29, 0.717) is 0 Å². The van der Waals surface area contributed by atoms with Gasteiger partial charge in [-0.05, 0) is 38.5 Å². The van der Waals surface area contributed by atoms with Crippen molar-refractivity contribution in [2.24, 2.45) is 0 Å². The standard InChI is InChI=1S/C19H38O2.C16H36N/c1-2-3-4-5-6-7-8-9-10-11-12-13-14-15-16-17-18-19(20)21;1-5-9-13-17(14-10-6-2,15-11-7-3)16-12-8-4/h2-18H2,1H3,(H,20,21);5-16H2,1-4H3/q;+1/p-1. The third-order valence-electron chi connectivity index (χ3n) is 8.18. The van der Waals surface area contributed by atoms with Crippen LogP contribution in [0.5, 0.6) is 0 Å². The van der Waals surface area contributed by atoms with Gasteiger partial charge in [0.25, 0.3) is 0 Å². The van der Waals surface area contributed by atoms with Crippen molar-refractivity contribution in [1.82, 2.24) is 0 Å². The highest BCUT2D eigenvalue weighted by Crippen LogP contribution is 2.17. The third-order valence-corrected chi connectivity index (χ3v) is 8.18. The van der Waals surface area contributed by atoms with E-state index < -0.39 is 5.97 Å². The van der Waals surface area contributed by atoms with Gasteiger partial charge in [0.1, 0.15) is 0 Å². The SMILES string of the molecule is CCCCCCCCCCCCCCCCCCC(=O)[O-].CCCC[N+](CCCC)(CCCC)CCCC. The van der Waals surface area contributed by atoms with Crippen molar-refractivity contribution < 1.29 is 14.4 Å². The second-order valence-electron chi connectivity index (χ2n) is 12.1. The molecule has 0 aromatic rings. The maximum atomic E-state index is 10.2. The summed E-state index contributed by atoms with van der Waals surface area (Å²) in [5.74, 6) is -0.902. The Hall–Kier alpha value is -0.570. The number of carboxylic acid groups (broad SMARTS) is 1. The first kappa shape index (κ1) is 39.6. The molecule has 0 saturated carbocycles. The van der Waals surface area contributed by atoms with E-state index in [9.17, 15) is 9.90 Å². The molecular weight excluding hydrogens is 466 g/mol. The molecule has 0 aliphatic carbocycles. The minimum absolute atomic E-state index is 0.235. The summed E-state index contributed by atoms with van der Waals surface area (Å²) < 4.78 is 1.42. The molecule has 0 unspecified atom stereocenters. The minimum Gasteiger partial charge on any atom is -0.550 e. The second-order valence-corrected chi connectivity index (χ2v) is 12.1. The summed E-state index contributed by atoms with van der Waals surface area (Å²) in [7, 11) is 0. The van der Waals surface area contributed by atoms with E-state index in [1.54, 1.807) is 0 Å². The van der Waals surface area contributed by atoms with E-state index >= 15 is 0 Å². The van der Waals surface area contributed by atoms with E-state index in [-0.39, 0.29) is 6.42 Å². The van der Waals surface area contributed by atoms with Crippen LogP contribution in [-0.4, -0.2) is 36.6 Å². The number of unbranched alkanes of at least 4 members (excludes halogenated alkanes) is 19. The number of rotatable bonds is 29. The highest BCUT2D eigenvalue weighted by molar-refractivity contribution is 5.64. The zero-order valence-electron chi connectivity index (χ0n) is 27.3. The Balaban J connectivity index is 0. The van der Waals surface area contributed by atoms with Crippen LogP contribution in [0.2, 0.25) is 0 Å². The molecule has 0 aliphatic rings. The summed E-state index contributed by atoms with van der Waals surface area (Å²) in [5.41, 5.74) is 0. The Kier molecular flexibility index (Phi) is 34.0. The number of carboxylic acids is 1. The van der Waals surface area contributed by atoms with Gasteiger partial charge in [-0.15, -0.1) is 0 Å². The van der Waals surface area contributed by atoms with Crippen molar-refractivity contribution in [3.05, 3.63) is 0 Å². The zero-order chi connectivity index (χ0) is 28.6. The lowest BCUT2D eigenvalue weighted by molar-refractivity contribution is -0.929. The van der Waals surface area contributed by atoms with Gasteiger partial charge in [0.05, 0.1) is 26.2 Å². The molecule has 0 spiro atoms. The van der Waals surface area contributed by atoms with Gasteiger partial charge in [0, 0.05) is 5.97 Å². The average Bonchev–Trinajstić information content (AvgIpc) is 2.92. The summed E-state index contributed by atoms with van der Waals surface area (Å²) >= 11 is 0. The highest BCUT2D eigenvalue weighted by Gasteiger charge is 2.24. The summed E-state index contributed by atoms with van der Waals surface area (Å²) in [6, 6.07) is 0. The Morgan fingerprint density at radius 2 is 0.632 bits per heavy atom. The molecular formula is C35H73NO2. The molecule has 0 N–H and O–H groups in total. The smallest absolute Gasteiger partial charge is 0.0786 e. The number of hydrogen-bond acceptors (Lipinski definition) is 2. The van der Waals surface area contributed by atoms with Gasteiger partial charge in [-0.3, -0.25) is 0 Å². The van der Waals surface area contributed by atoms with E-state index in [1.165, 1.54) is 172 Å². The van der Waals surface area contributed by atoms with Crippen molar-refractivity contribution in [2.45, 2.75) is 195 Å². The van der Waals surface area contributed by atoms with E-state index in [4.69, 9.17) is 0 Å². The number of carbonyl (C=O) groups excluding carboxylic acids is 1. The fourth-order valence-corrected chi connectivity index (χ4v) is 5.46. The van der Waals surface area contributed by atoms with E-state index in [0.717, 1.165) is 12.8 Å². The molecule has 0 rings (SSSR count). The molecule has 3 heteroatoms. The number of quaternary nitrogens is 1. The first-order chi connectivity index (χ1) is 18.5. The lowest BCUT2D eigenvalue weighted by Crippen LogP contribution is -2.50. The number of hydrogen-bond donors (Lipinski definition) is 0. The Morgan fingerprint density at radius 3 is 0.868 bits per heavy atom. The van der Waals surface area contributed by atoms with Gasteiger partial charge in [-0.25, -0.2) is 0 Å². The first-order valence-corrected chi connectivity index (χ1v) is 17.6. The summed E-state index contributed by atoms with van der Waals surface area (Å²) in [6.07, 6.45) is 32.4. The predicted molar refractivity (Wildman–Crippen MR) is 169 cm³/mol. The molecule has 0 radical (unpaired) electrons. The van der Waals surface area contributed by atoms with Crippen LogP contribution in [0.25, 0.3) is 0 Å². The van der Waals surface area contributed by atoms with Crippen LogP contribution >= 0.6 is 0 Å². The molecule has 0 atom stereocenters. The topological polar surface area (TPSA) is 40.1 Å². The van der Waals surface area contributed by atoms with Crippen molar-refractivity contribution in [3.63, 3.8) is 0 Å². The minimum atomic E-state index is -0.902. The van der Waals surface area contributed by atoms with Gasteiger partial charge in [-0.2, -0.15) is 0 Å². The molecule has 38 heavy (non-hydrogen) atoms. The predicted octanol–water partition coefficient (Wildman–Crippen LogP) is 10.4. The van der Waals surface area contributed by atoms with Crippen LogP contribution in [0.1, 0.15) is 195 Å². The molecule has 0 saturated heterocycles. The first-order valence-electron chi connectivity index (χ1n) is 17.6. The van der Waals surface area contributed by atoms with E-state index in [1.807, 2.05) is 0 Å². The van der Waals surface area contributed by atoms with Crippen LogP contribution in [0.4, 0.5) is 0 Å². The summed E-state index contributed by atoms with van der Waals surface area (Å²) in [6.45, 7) is 17.3. The Labute approximate surface area is 241 Å². The fourth-order valence-electron chi connectivity index (χ4n) is 5.46. The van der Waals surface area contributed by atoms with Crippen LogP contribution in [-0.2, 0) is 4.79 Å². The van der Waals surface area contributed by atoms with Crippen LogP contribution in [0.15, 0.2) is 0 Å². The highest BCUT2D eigenvalue weighted by atomic mass is 16.4. The van der Waals surface area contributed by atoms with Crippen molar-refractivity contribution >= 4 is 5.97 Å². The van der Waals surface area contributed by atoms with Crippen LogP contribution < -0.4 is 5.11 Å². The van der Waals surface area contributed by atoms with Gasteiger partial charge < -0.3 is 14.4 Å². The number of carbonyl (C=O) groups is 1. The number of aliphatic carboxylic acids is 1. The molecule has 0 aromatic heterocycles. The van der Waals surface area contributed by atoms with Gasteiger partial charge >= 0.3 is 0 Å². The Bertz CT molecular complexity index is 414. The molecule has 230 valence electrons. The fraction of sp³-hybridized carbons (Fsp3) is 0.971. The number of nitrogens with zero attached hydrogens (tertiary/aromatic N) is 1. The third kappa shape index (κ3) is 30.0. The molecule has 0 heterocycles. The Morgan fingerprint density at radius 1 is 0.395 bits per heavy atom. The van der Waals surface area contributed by atoms with Crippen molar-refractivity contribution in [3.8, 4) is 0 Å². The molecule has 3 nitrogen and oxygen atoms in total. The summed E-state index contributed by atoms with van der Waals surface area (Å²) in [4.78, 5) is 10.2. The maximum absolute atomic E-state index is 10.2. The average molecular weight is 540 g/mol. The molecule has 0 bridgehead atoms. The van der Waals surface area contributed by atoms with Crippen molar-refractivity contribution in [1.29, 1.82) is 0 Å². The monoisotopic (exact) mass is 540 g/mol. The zero-order valence-corrected chi connectivity index (χ0v) is 27.3. The van der Waals surface area contributed by atoms with Gasteiger partial charge in [0.15, 0.2) is 0 Å². The quantitative estimate of drug-likeness (QED) is 0.0700. The maximum Gasteiger partial charge on any atom is 0.0786 e. The van der Waals surface area contributed by atoms with E-state index in [2.05, 4.69) is 34.6 Å². The summed E-state index contributed by atoms with van der Waals surface area (Å²) in [5, 5.41) is 10.2. The second kappa shape index (κ2) is 32.6. The molecule has 0 aliphatic heterocycles.